The second-order valence-corrected chi connectivity index (χ2v) is 8.33. The highest BCUT2D eigenvalue weighted by molar-refractivity contribution is 5.99. The summed E-state index contributed by atoms with van der Waals surface area (Å²) < 4.78 is 2.28. The summed E-state index contributed by atoms with van der Waals surface area (Å²) in [6.45, 7) is 10.7. The van der Waals surface area contributed by atoms with E-state index < -0.39 is 6.04 Å². The molecule has 0 saturated carbocycles. The van der Waals surface area contributed by atoms with Gasteiger partial charge in [-0.1, -0.05) is 0 Å². The first-order chi connectivity index (χ1) is 14.8. The van der Waals surface area contributed by atoms with Crippen molar-refractivity contribution in [2.24, 2.45) is 0 Å². The zero-order valence-corrected chi connectivity index (χ0v) is 18.8. The molecular weight excluding hydrogens is 392 g/mol. The van der Waals surface area contributed by atoms with Gasteiger partial charge < -0.3 is 14.8 Å². The maximum absolute atomic E-state index is 13.1. The van der Waals surface area contributed by atoms with Crippen LogP contribution < -0.4 is 5.32 Å². The van der Waals surface area contributed by atoms with E-state index in [9.17, 15) is 9.59 Å². The molecule has 0 bridgehead atoms. The molecule has 1 aliphatic heterocycles. The zero-order chi connectivity index (χ0) is 22.3. The number of likely N-dealkylation sites (N-methyl/N-ethyl adjacent to an activating group) is 1. The first-order valence-electron chi connectivity index (χ1n) is 10.7. The highest BCUT2D eigenvalue weighted by atomic mass is 16.2. The monoisotopic (exact) mass is 422 g/mol. The number of nitrogens with zero attached hydrogens (tertiary/aromatic N) is 4. The van der Waals surface area contributed by atoms with Crippen molar-refractivity contribution in [2.75, 3.05) is 32.0 Å². The van der Waals surface area contributed by atoms with Gasteiger partial charge in [0.15, 0.2) is 0 Å². The molecule has 8 nitrogen and oxygen atoms in total. The van der Waals surface area contributed by atoms with Crippen LogP contribution in [0.4, 0.5) is 5.69 Å². The number of benzene rings is 1. The van der Waals surface area contributed by atoms with Gasteiger partial charge in [-0.15, -0.1) is 0 Å². The van der Waals surface area contributed by atoms with Crippen LogP contribution in [0.3, 0.4) is 0 Å². The molecule has 2 N–H and O–H groups in total. The average molecular weight is 423 g/mol. The van der Waals surface area contributed by atoms with E-state index in [2.05, 4.69) is 46.9 Å². The quantitative estimate of drug-likeness (QED) is 0.677. The van der Waals surface area contributed by atoms with Crippen molar-refractivity contribution in [1.82, 2.24) is 24.6 Å². The minimum atomic E-state index is -0.413. The molecule has 164 valence electrons. The average Bonchev–Trinajstić information content (AvgIpc) is 3.29. The number of rotatable bonds is 4. The first-order valence-corrected chi connectivity index (χ1v) is 10.7. The Balaban J connectivity index is 1.52. The number of hydrogen-bond donors (Lipinski definition) is 2. The lowest BCUT2D eigenvalue weighted by Crippen LogP contribution is -2.57. The van der Waals surface area contributed by atoms with Gasteiger partial charge in [-0.05, 0) is 58.5 Å². The Morgan fingerprint density at radius 1 is 1.23 bits per heavy atom. The van der Waals surface area contributed by atoms with E-state index in [0.717, 1.165) is 23.3 Å². The number of amides is 2. The molecular formula is C23H30N6O2. The predicted molar refractivity (Wildman–Crippen MR) is 121 cm³/mol. The number of hydrogen-bond acceptors (Lipinski definition) is 4. The summed E-state index contributed by atoms with van der Waals surface area (Å²) in [5.41, 5.74) is 5.73. The van der Waals surface area contributed by atoms with Crippen molar-refractivity contribution in [2.45, 2.75) is 40.3 Å². The van der Waals surface area contributed by atoms with Crippen LogP contribution >= 0.6 is 0 Å². The van der Waals surface area contributed by atoms with Gasteiger partial charge in [0, 0.05) is 54.2 Å². The Labute approximate surface area is 182 Å². The second-order valence-electron chi connectivity index (χ2n) is 8.33. The van der Waals surface area contributed by atoms with Crippen molar-refractivity contribution < 1.29 is 9.59 Å². The van der Waals surface area contributed by atoms with E-state index in [-0.39, 0.29) is 11.8 Å². The fraction of sp³-hybridized carbons (Fsp3) is 0.435. The van der Waals surface area contributed by atoms with Gasteiger partial charge in [0.2, 0.25) is 5.91 Å². The molecule has 0 aliphatic carbocycles. The Morgan fingerprint density at radius 2 is 2.00 bits per heavy atom. The van der Waals surface area contributed by atoms with Crippen molar-refractivity contribution in [1.29, 1.82) is 0 Å². The molecule has 1 aromatic carbocycles. The number of H-pyrrole nitrogens is 1. The van der Waals surface area contributed by atoms with Crippen LogP contribution in [-0.4, -0.2) is 69.1 Å². The minimum absolute atomic E-state index is 0.0921. The zero-order valence-electron chi connectivity index (χ0n) is 18.8. The number of aryl methyl sites for hydroxylation is 3. The Hall–Kier alpha value is -3.13. The van der Waals surface area contributed by atoms with Crippen LogP contribution in [0.25, 0.3) is 10.9 Å². The Morgan fingerprint density at radius 3 is 2.68 bits per heavy atom. The van der Waals surface area contributed by atoms with Gasteiger partial charge in [-0.3, -0.25) is 19.6 Å². The van der Waals surface area contributed by atoms with Crippen molar-refractivity contribution in [3.05, 3.63) is 46.9 Å². The third kappa shape index (κ3) is 3.72. The normalized spacial score (nSPS) is 17.3. The maximum atomic E-state index is 13.1. The van der Waals surface area contributed by atoms with Gasteiger partial charge in [0.1, 0.15) is 6.04 Å². The molecule has 4 rings (SSSR count). The highest BCUT2D eigenvalue weighted by Gasteiger charge is 2.33. The second kappa shape index (κ2) is 8.19. The molecule has 1 unspecified atom stereocenters. The lowest BCUT2D eigenvalue weighted by molar-refractivity contribution is -0.122. The van der Waals surface area contributed by atoms with Crippen LogP contribution in [-0.2, 0) is 11.3 Å². The number of piperazine rings is 1. The molecule has 0 spiro atoms. The third-order valence-corrected chi connectivity index (χ3v) is 6.52. The standard InChI is InChI=1S/C23H30N6O2/c1-6-29-16(4)14(2)18-11-17(7-8-20(18)29)25-22(30)21-13-28(10-9-27(21)5)23(31)19-12-24-26-15(19)3/h7-8,11-12,21H,6,9-10,13H2,1-5H3,(H,24,26)(H,25,30). The van der Waals surface area contributed by atoms with E-state index in [4.69, 9.17) is 0 Å². The summed E-state index contributed by atoms with van der Waals surface area (Å²) in [5.74, 6) is -0.196. The van der Waals surface area contributed by atoms with Crippen LogP contribution in [0.2, 0.25) is 0 Å². The highest BCUT2D eigenvalue weighted by Crippen LogP contribution is 2.28. The van der Waals surface area contributed by atoms with Gasteiger partial charge >= 0.3 is 0 Å². The molecule has 31 heavy (non-hydrogen) atoms. The fourth-order valence-electron chi connectivity index (χ4n) is 4.44. The smallest absolute Gasteiger partial charge is 0.257 e. The molecule has 0 radical (unpaired) electrons. The molecule has 3 heterocycles. The van der Waals surface area contributed by atoms with E-state index in [0.29, 0.717) is 25.2 Å². The van der Waals surface area contributed by atoms with Crippen molar-refractivity contribution >= 4 is 28.4 Å². The largest absolute Gasteiger partial charge is 0.345 e. The van der Waals surface area contributed by atoms with Crippen LogP contribution in [0, 0.1) is 20.8 Å². The maximum Gasteiger partial charge on any atom is 0.257 e. The number of carbonyl (C=O) groups is 2. The number of aromatic nitrogens is 3. The first kappa shape index (κ1) is 21.1. The molecule has 8 heteroatoms. The minimum Gasteiger partial charge on any atom is -0.345 e. The van der Waals surface area contributed by atoms with E-state index in [1.165, 1.54) is 16.8 Å². The Bertz CT molecular complexity index is 1140. The topological polar surface area (TPSA) is 86.3 Å². The van der Waals surface area contributed by atoms with E-state index in [1.807, 2.05) is 31.0 Å². The number of nitrogens with one attached hydrogen (secondary N) is 2. The molecule has 1 atom stereocenters. The summed E-state index contributed by atoms with van der Waals surface area (Å²) in [6.07, 6.45) is 1.55. The van der Waals surface area contributed by atoms with Crippen LogP contribution in [0.5, 0.6) is 0 Å². The Kier molecular flexibility index (Phi) is 5.58. The van der Waals surface area contributed by atoms with Crippen molar-refractivity contribution in [3.8, 4) is 0 Å². The fourth-order valence-corrected chi connectivity index (χ4v) is 4.44. The summed E-state index contributed by atoms with van der Waals surface area (Å²) in [6, 6.07) is 5.65. The van der Waals surface area contributed by atoms with Crippen LogP contribution in [0.1, 0.15) is 34.2 Å². The number of carbonyl (C=O) groups excluding carboxylic acids is 2. The third-order valence-electron chi connectivity index (χ3n) is 6.52. The summed E-state index contributed by atoms with van der Waals surface area (Å²) in [4.78, 5) is 29.7. The van der Waals surface area contributed by atoms with Crippen LogP contribution in [0.15, 0.2) is 24.4 Å². The molecule has 1 aliphatic rings. The van der Waals surface area contributed by atoms with Crippen molar-refractivity contribution in [3.63, 3.8) is 0 Å². The molecule has 3 aromatic rings. The summed E-state index contributed by atoms with van der Waals surface area (Å²) in [5, 5.41) is 11.0. The number of fused-ring (bicyclic) bond motifs is 1. The molecule has 2 aromatic heterocycles. The SMILES string of the molecule is CCn1c(C)c(C)c2cc(NC(=O)C3CN(C(=O)c4cn[nH]c4C)CCN3C)ccc21. The lowest BCUT2D eigenvalue weighted by atomic mass is 10.1. The van der Waals surface area contributed by atoms with Gasteiger partial charge in [0.25, 0.3) is 5.91 Å². The van der Waals surface area contributed by atoms with E-state index in [1.54, 1.807) is 11.1 Å². The summed E-state index contributed by atoms with van der Waals surface area (Å²) in [7, 11) is 1.92. The number of aromatic amines is 1. The molecule has 1 saturated heterocycles. The van der Waals surface area contributed by atoms with Gasteiger partial charge in [0.05, 0.1) is 11.8 Å². The van der Waals surface area contributed by atoms with Gasteiger partial charge in [-0.25, -0.2) is 0 Å². The van der Waals surface area contributed by atoms with E-state index >= 15 is 0 Å². The molecule has 2 amide bonds. The molecule has 1 fully saturated rings. The lowest BCUT2D eigenvalue weighted by Gasteiger charge is -2.38. The predicted octanol–water partition coefficient (Wildman–Crippen LogP) is 2.70. The number of anilines is 1. The summed E-state index contributed by atoms with van der Waals surface area (Å²) >= 11 is 0. The van der Waals surface area contributed by atoms with Gasteiger partial charge in [-0.2, -0.15) is 5.10 Å².